The summed E-state index contributed by atoms with van der Waals surface area (Å²) in [6, 6.07) is 14.1. The molecule has 1 aliphatic rings. The Hall–Kier alpha value is -2.00. The van der Waals surface area contributed by atoms with Crippen molar-refractivity contribution in [3.63, 3.8) is 0 Å². The molecule has 7 heteroatoms. The number of phenols is 1. The number of aromatic hydroxyl groups is 1. The number of rotatable bonds is 7. The van der Waals surface area contributed by atoms with Crippen molar-refractivity contribution < 1.29 is 14.6 Å². The Kier molecular flexibility index (Phi) is 10.4. The maximum Gasteiger partial charge on any atom is 0.191 e. The van der Waals surface area contributed by atoms with E-state index in [2.05, 4.69) is 46.8 Å². The Morgan fingerprint density at radius 2 is 1.97 bits per heavy atom. The molecule has 3 N–H and O–H groups in total. The van der Waals surface area contributed by atoms with Crippen molar-refractivity contribution in [2.45, 2.75) is 39.3 Å². The zero-order valence-corrected chi connectivity index (χ0v) is 20.9. The molecule has 0 bridgehead atoms. The highest BCUT2D eigenvalue weighted by Gasteiger charge is 2.27. The molecule has 1 fully saturated rings. The van der Waals surface area contributed by atoms with Gasteiger partial charge in [0.05, 0.1) is 19.8 Å². The number of guanidine groups is 1. The molecule has 0 amide bonds. The van der Waals surface area contributed by atoms with E-state index >= 15 is 0 Å². The van der Waals surface area contributed by atoms with Crippen LogP contribution in [-0.2, 0) is 11.3 Å². The van der Waals surface area contributed by atoms with Gasteiger partial charge in [-0.05, 0) is 38.3 Å². The molecule has 0 aromatic heterocycles. The highest BCUT2D eigenvalue weighted by atomic mass is 127. The highest BCUT2D eigenvalue weighted by Crippen LogP contribution is 2.33. The summed E-state index contributed by atoms with van der Waals surface area (Å²) in [7, 11) is 1.55. The van der Waals surface area contributed by atoms with Gasteiger partial charge in [0.25, 0.3) is 0 Å². The fraction of sp³-hybridized carbons (Fsp3) is 0.458. The minimum absolute atomic E-state index is 0. The molecule has 0 radical (unpaired) electrons. The van der Waals surface area contributed by atoms with Gasteiger partial charge >= 0.3 is 0 Å². The van der Waals surface area contributed by atoms with Crippen LogP contribution in [0.25, 0.3) is 0 Å². The minimum atomic E-state index is 0. The van der Waals surface area contributed by atoms with Crippen LogP contribution in [0.4, 0.5) is 0 Å². The third kappa shape index (κ3) is 7.00. The lowest BCUT2D eigenvalue weighted by Gasteiger charge is -2.32. The Morgan fingerprint density at radius 3 is 2.68 bits per heavy atom. The van der Waals surface area contributed by atoms with Crippen molar-refractivity contribution in [2.24, 2.45) is 10.9 Å². The number of hydrogen-bond donors (Lipinski definition) is 3. The SMILES string of the molecule is CCNC(=NCc1cccc(OC)c1O)NCC1CCCOC1c1ccc(C)cc1.I. The molecule has 0 saturated carbocycles. The summed E-state index contributed by atoms with van der Waals surface area (Å²) >= 11 is 0. The van der Waals surface area contributed by atoms with Gasteiger partial charge in [0.1, 0.15) is 0 Å². The standard InChI is InChI=1S/C24H33N3O3.HI/c1-4-25-24(26-15-19-7-5-9-21(29-3)22(19)28)27-16-20-8-6-14-30-23(20)18-12-10-17(2)11-13-18;/h5,7,9-13,20,23,28H,4,6,8,14-16H2,1-3H3,(H2,25,26,27);1H. The molecule has 2 aromatic carbocycles. The molecule has 0 aliphatic carbocycles. The smallest absolute Gasteiger partial charge is 0.191 e. The van der Waals surface area contributed by atoms with Gasteiger partial charge in [-0.25, -0.2) is 4.99 Å². The van der Waals surface area contributed by atoms with Gasteiger partial charge in [-0.3, -0.25) is 0 Å². The van der Waals surface area contributed by atoms with Crippen LogP contribution in [-0.4, -0.2) is 37.9 Å². The Balaban J connectivity index is 0.00000341. The maximum absolute atomic E-state index is 10.3. The quantitative estimate of drug-likeness (QED) is 0.274. The Labute approximate surface area is 202 Å². The van der Waals surface area contributed by atoms with E-state index in [1.807, 2.05) is 19.1 Å². The van der Waals surface area contributed by atoms with Crippen LogP contribution in [0.15, 0.2) is 47.5 Å². The first-order valence-electron chi connectivity index (χ1n) is 10.7. The first-order chi connectivity index (χ1) is 14.6. The second kappa shape index (κ2) is 12.8. The van der Waals surface area contributed by atoms with Crippen LogP contribution in [0.2, 0.25) is 0 Å². The van der Waals surface area contributed by atoms with Crippen LogP contribution in [0.3, 0.4) is 0 Å². The first kappa shape index (κ1) is 25.3. The summed E-state index contributed by atoms with van der Waals surface area (Å²) < 4.78 is 11.3. The van der Waals surface area contributed by atoms with Crippen LogP contribution < -0.4 is 15.4 Å². The Morgan fingerprint density at radius 1 is 1.19 bits per heavy atom. The molecule has 1 heterocycles. The number of aliphatic imine (C=N–C) groups is 1. The average Bonchev–Trinajstić information content (AvgIpc) is 2.77. The van der Waals surface area contributed by atoms with Gasteiger partial charge in [0.15, 0.2) is 17.5 Å². The summed E-state index contributed by atoms with van der Waals surface area (Å²) in [6.07, 6.45) is 2.28. The number of nitrogens with one attached hydrogen (secondary N) is 2. The number of benzene rings is 2. The van der Waals surface area contributed by atoms with Gasteiger partial charge in [-0.2, -0.15) is 0 Å². The molecule has 3 rings (SSSR count). The number of halogens is 1. The summed E-state index contributed by atoms with van der Waals surface area (Å²) in [5.41, 5.74) is 3.21. The number of ether oxygens (including phenoxy) is 2. The molecule has 1 aliphatic heterocycles. The molecule has 0 spiro atoms. The molecule has 2 atom stereocenters. The molecule has 1 saturated heterocycles. The summed E-state index contributed by atoms with van der Waals surface area (Å²) in [6.45, 7) is 6.84. The number of aryl methyl sites for hydroxylation is 1. The van der Waals surface area contributed by atoms with Crippen molar-refractivity contribution in [2.75, 3.05) is 26.8 Å². The number of hydrogen-bond acceptors (Lipinski definition) is 4. The third-order valence-corrected chi connectivity index (χ3v) is 5.44. The fourth-order valence-corrected chi connectivity index (χ4v) is 3.77. The van der Waals surface area contributed by atoms with E-state index in [-0.39, 0.29) is 35.8 Å². The monoisotopic (exact) mass is 539 g/mol. The van der Waals surface area contributed by atoms with E-state index in [1.165, 1.54) is 11.1 Å². The van der Waals surface area contributed by atoms with Gasteiger partial charge < -0.3 is 25.2 Å². The molecular formula is C24H34IN3O3. The normalized spacial score (nSPS) is 18.7. The van der Waals surface area contributed by atoms with E-state index in [9.17, 15) is 5.11 Å². The van der Waals surface area contributed by atoms with Crippen molar-refractivity contribution in [1.29, 1.82) is 0 Å². The van der Waals surface area contributed by atoms with Crippen molar-refractivity contribution in [3.8, 4) is 11.5 Å². The number of methoxy groups -OCH3 is 1. The lowest BCUT2D eigenvalue weighted by Crippen LogP contribution is -2.42. The molecule has 31 heavy (non-hydrogen) atoms. The van der Waals surface area contributed by atoms with Crippen molar-refractivity contribution in [3.05, 3.63) is 59.2 Å². The number of para-hydroxylation sites is 1. The van der Waals surface area contributed by atoms with Crippen molar-refractivity contribution >= 4 is 29.9 Å². The van der Waals surface area contributed by atoms with E-state index in [0.717, 1.165) is 44.1 Å². The largest absolute Gasteiger partial charge is 0.504 e. The predicted octanol–water partition coefficient (Wildman–Crippen LogP) is 4.55. The van der Waals surface area contributed by atoms with Crippen LogP contribution in [0.5, 0.6) is 11.5 Å². The van der Waals surface area contributed by atoms with Gasteiger partial charge in [-0.15, -0.1) is 24.0 Å². The van der Waals surface area contributed by atoms with Crippen molar-refractivity contribution in [1.82, 2.24) is 10.6 Å². The molecule has 6 nitrogen and oxygen atoms in total. The maximum atomic E-state index is 10.3. The lowest BCUT2D eigenvalue weighted by molar-refractivity contribution is -0.0265. The van der Waals surface area contributed by atoms with Gasteiger partial charge in [-0.1, -0.05) is 42.0 Å². The Bertz CT molecular complexity index is 842. The lowest BCUT2D eigenvalue weighted by atomic mass is 9.89. The fourth-order valence-electron chi connectivity index (χ4n) is 3.77. The summed E-state index contributed by atoms with van der Waals surface area (Å²) in [5.74, 6) is 1.70. The second-order valence-electron chi connectivity index (χ2n) is 7.65. The highest BCUT2D eigenvalue weighted by molar-refractivity contribution is 14.0. The summed E-state index contributed by atoms with van der Waals surface area (Å²) in [5, 5.41) is 17.0. The van der Waals surface area contributed by atoms with Crippen LogP contribution in [0, 0.1) is 12.8 Å². The van der Waals surface area contributed by atoms with E-state index in [4.69, 9.17) is 9.47 Å². The minimum Gasteiger partial charge on any atom is -0.504 e. The zero-order valence-electron chi connectivity index (χ0n) is 18.6. The molecule has 2 aromatic rings. The second-order valence-corrected chi connectivity index (χ2v) is 7.65. The van der Waals surface area contributed by atoms with Gasteiger partial charge in [0, 0.05) is 31.2 Å². The number of nitrogens with zero attached hydrogens (tertiary/aromatic N) is 1. The third-order valence-electron chi connectivity index (χ3n) is 5.44. The first-order valence-corrected chi connectivity index (χ1v) is 10.7. The topological polar surface area (TPSA) is 75.1 Å². The zero-order chi connectivity index (χ0) is 21.3. The molecular weight excluding hydrogens is 505 g/mol. The van der Waals surface area contributed by atoms with E-state index in [1.54, 1.807) is 13.2 Å². The number of phenolic OH excluding ortho intramolecular Hbond substituents is 1. The molecule has 2 unspecified atom stereocenters. The van der Waals surface area contributed by atoms with E-state index in [0.29, 0.717) is 18.2 Å². The van der Waals surface area contributed by atoms with Crippen LogP contribution in [0.1, 0.15) is 42.6 Å². The summed E-state index contributed by atoms with van der Waals surface area (Å²) in [4.78, 5) is 4.65. The average molecular weight is 539 g/mol. The van der Waals surface area contributed by atoms with Gasteiger partial charge in [0.2, 0.25) is 0 Å². The predicted molar refractivity (Wildman–Crippen MR) is 135 cm³/mol. The van der Waals surface area contributed by atoms with Crippen LogP contribution >= 0.6 is 24.0 Å². The van der Waals surface area contributed by atoms with E-state index < -0.39 is 0 Å². The molecule has 170 valence electrons.